The van der Waals surface area contributed by atoms with Gasteiger partial charge in [0.1, 0.15) is 17.1 Å². The van der Waals surface area contributed by atoms with E-state index < -0.39 is 17.8 Å². The van der Waals surface area contributed by atoms with Crippen LogP contribution in [0.1, 0.15) is 5.76 Å². The smallest absolute Gasteiger partial charge is 0.335 e. The number of carbonyl (C=O) groups is 3. The molecule has 144 valence electrons. The fraction of sp³-hybridized carbons (Fsp3) is 0. The number of nitrogens with zero attached hydrogens (tertiary/aromatic N) is 1. The zero-order valence-corrected chi connectivity index (χ0v) is 17.0. The van der Waals surface area contributed by atoms with Crippen LogP contribution in [-0.2, 0) is 9.59 Å². The normalized spacial score (nSPS) is 15.7. The van der Waals surface area contributed by atoms with E-state index in [4.69, 9.17) is 16.0 Å². The first-order valence-electron chi connectivity index (χ1n) is 8.45. The van der Waals surface area contributed by atoms with Gasteiger partial charge in [0.05, 0.1) is 5.69 Å². The largest absolute Gasteiger partial charge is 0.457 e. The zero-order valence-electron chi connectivity index (χ0n) is 14.7. The summed E-state index contributed by atoms with van der Waals surface area (Å²) < 4.78 is 6.42. The van der Waals surface area contributed by atoms with Gasteiger partial charge in [0, 0.05) is 15.1 Å². The molecule has 4 rings (SSSR count). The van der Waals surface area contributed by atoms with Gasteiger partial charge in [0.15, 0.2) is 0 Å². The van der Waals surface area contributed by atoms with Crippen LogP contribution in [0.3, 0.4) is 0 Å². The second-order valence-corrected chi connectivity index (χ2v) is 7.50. The highest BCUT2D eigenvalue weighted by atomic mass is 79.9. The van der Waals surface area contributed by atoms with Crippen molar-refractivity contribution in [2.24, 2.45) is 0 Å². The number of hydrogen-bond acceptors (Lipinski definition) is 4. The minimum atomic E-state index is -0.811. The third kappa shape index (κ3) is 3.87. The number of rotatable bonds is 3. The Hall–Kier alpha value is -3.16. The molecule has 0 unspecified atom stereocenters. The maximum Gasteiger partial charge on any atom is 0.335 e. The summed E-state index contributed by atoms with van der Waals surface area (Å²) in [5.74, 6) is -0.700. The first-order chi connectivity index (χ1) is 13.9. The van der Waals surface area contributed by atoms with Crippen molar-refractivity contribution in [3.05, 3.63) is 81.5 Å². The van der Waals surface area contributed by atoms with E-state index in [9.17, 15) is 14.4 Å². The lowest BCUT2D eigenvalue weighted by molar-refractivity contribution is -0.122. The van der Waals surface area contributed by atoms with Gasteiger partial charge in [-0.15, -0.1) is 0 Å². The minimum absolute atomic E-state index is 0.212. The lowest BCUT2D eigenvalue weighted by Gasteiger charge is -2.26. The molecule has 8 heteroatoms. The fourth-order valence-electron chi connectivity index (χ4n) is 2.88. The van der Waals surface area contributed by atoms with E-state index in [1.165, 1.54) is 6.08 Å². The number of hydrogen-bond donors (Lipinski definition) is 1. The Labute approximate surface area is 178 Å². The number of carbonyl (C=O) groups excluding carboxylic acids is 3. The first-order valence-corrected chi connectivity index (χ1v) is 9.62. The van der Waals surface area contributed by atoms with Gasteiger partial charge in [0.25, 0.3) is 11.8 Å². The van der Waals surface area contributed by atoms with Gasteiger partial charge in [-0.2, -0.15) is 0 Å². The van der Waals surface area contributed by atoms with E-state index in [-0.39, 0.29) is 5.57 Å². The second-order valence-electron chi connectivity index (χ2n) is 6.15. The molecular weight excluding hydrogens is 460 g/mol. The Morgan fingerprint density at radius 2 is 1.79 bits per heavy atom. The lowest BCUT2D eigenvalue weighted by Crippen LogP contribution is -2.54. The third-order valence-electron chi connectivity index (χ3n) is 4.19. The van der Waals surface area contributed by atoms with Gasteiger partial charge in [-0.05, 0) is 48.5 Å². The SMILES string of the molecule is O=C1NC(=O)N(c2cccc(Br)c2)C(=O)/C1=C/c1ccc(-c2cccc(Cl)c2)o1. The van der Waals surface area contributed by atoms with Crippen molar-refractivity contribution in [1.29, 1.82) is 0 Å². The highest BCUT2D eigenvalue weighted by Crippen LogP contribution is 2.28. The number of imide groups is 2. The zero-order chi connectivity index (χ0) is 20.5. The van der Waals surface area contributed by atoms with Crippen molar-refractivity contribution in [3.63, 3.8) is 0 Å². The number of amides is 4. The van der Waals surface area contributed by atoms with Crippen molar-refractivity contribution in [2.75, 3.05) is 4.90 Å². The molecule has 29 heavy (non-hydrogen) atoms. The molecule has 0 aliphatic carbocycles. The van der Waals surface area contributed by atoms with Crippen LogP contribution in [0.5, 0.6) is 0 Å². The molecule has 2 heterocycles. The highest BCUT2D eigenvalue weighted by molar-refractivity contribution is 9.10. The summed E-state index contributed by atoms with van der Waals surface area (Å²) in [5.41, 5.74) is 0.878. The summed E-state index contributed by atoms with van der Waals surface area (Å²) in [4.78, 5) is 38.3. The van der Waals surface area contributed by atoms with Gasteiger partial charge in [-0.3, -0.25) is 14.9 Å². The molecule has 0 bridgehead atoms. The average molecular weight is 472 g/mol. The van der Waals surface area contributed by atoms with Crippen LogP contribution < -0.4 is 10.2 Å². The number of furan rings is 1. The molecule has 6 nitrogen and oxygen atoms in total. The monoisotopic (exact) mass is 470 g/mol. The molecule has 0 spiro atoms. The first kappa shape index (κ1) is 19.2. The molecule has 1 saturated heterocycles. The molecule has 3 aromatic rings. The number of nitrogens with one attached hydrogen (secondary N) is 1. The summed E-state index contributed by atoms with van der Waals surface area (Å²) in [5, 5.41) is 2.74. The molecule has 2 aromatic carbocycles. The molecule has 1 aliphatic heterocycles. The maximum absolute atomic E-state index is 12.9. The fourth-order valence-corrected chi connectivity index (χ4v) is 3.45. The van der Waals surface area contributed by atoms with Gasteiger partial charge in [0.2, 0.25) is 0 Å². The molecule has 1 fully saturated rings. The van der Waals surface area contributed by atoms with Crippen LogP contribution in [0, 0.1) is 0 Å². The summed E-state index contributed by atoms with van der Waals surface area (Å²) in [7, 11) is 0. The highest BCUT2D eigenvalue weighted by Gasteiger charge is 2.37. The molecule has 0 radical (unpaired) electrons. The molecule has 4 amide bonds. The number of halogens is 2. The molecule has 1 aromatic heterocycles. The van der Waals surface area contributed by atoms with E-state index in [1.807, 2.05) is 6.07 Å². The minimum Gasteiger partial charge on any atom is -0.457 e. The van der Waals surface area contributed by atoms with Gasteiger partial charge in [-0.25, -0.2) is 9.69 Å². The standard InChI is InChI=1S/C21H12BrClN2O4/c22-13-4-2-6-15(10-13)25-20(27)17(19(26)24-21(25)28)11-16-7-8-18(29-16)12-3-1-5-14(23)9-12/h1-11H,(H,24,26,28)/b17-11+. The number of barbiturate groups is 1. The van der Waals surface area contributed by atoms with E-state index in [0.717, 1.165) is 10.5 Å². The number of benzene rings is 2. The van der Waals surface area contributed by atoms with Crippen molar-refractivity contribution in [2.45, 2.75) is 0 Å². The summed E-state index contributed by atoms with van der Waals surface area (Å²) in [6.45, 7) is 0. The lowest BCUT2D eigenvalue weighted by atomic mass is 10.1. The average Bonchev–Trinajstić information content (AvgIpc) is 3.14. The summed E-state index contributed by atoms with van der Waals surface area (Å²) >= 11 is 9.31. The number of urea groups is 1. The third-order valence-corrected chi connectivity index (χ3v) is 4.92. The van der Waals surface area contributed by atoms with Gasteiger partial charge >= 0.3 is 6.03 Å². The second kappa shape index (κ2) is 7.69. The molecule has 0 saturated carbocycles. The Morgan fingerprint density at radius 1 is 1.00 bits per heavy atom. The van der Waals surface area contributed by atoms with Gasteiger partial charge in [-0.1, -0.05) is 45.7 Å². The van der Waals surface area contributed by atoms with Gasteiger partial charge < -0.3 is 4.42 Å². The molecular formula is C21H12BrClN2O4. The van der Waals surface area contributed by atoms with E-state index in [2.05, 4.69) is 21.2 Å². The van der Waals surface area contributed by atoms with Crippen molar-refractivity contribution >= 4 is 57.1 Å². The topological polar surface area (TPSA) is 79.6 Å². The van der Waals surface area contributed by atoms with Crippen molar-refractivity contribution in [3.8, 4) is 11.3 Å². The Bertz CT molecular complexity index is 1180. The van der Waals surface area contributed by atoms with Crippen LogP contribution in [0.25, 0.3) is 17.4 Å². The van der Waals surface area contributed by atoms with Crippen molar-refractivity contribution < 1.29 is 18.8 Å². The van der Waals surface area contributed by atoms with E-state index in [1.54, 1.807) is 54.6 Å². The van der Waals surface area contributed by atoms with Crippen LogP contribution in [0.15, 0.2) is 75.1 Å². The molecule has 1 aliphatic rings. The number of anilines is 1. The van der Waals surface area contributed by atoms with Crippen LogP contribution in [0.2, 0.25) is 5.02 Å². The Morgan fingerprint density at radius 3 is 2.55 bits per heavy atom. The predicted molar refractivity (Wildman–Crippen MR) is 112 cm³/mol. The maximum atomic E-state index is 12.9. The molecule has 0 atom stereocenters. The van der Waals surface area contributed by atoms with Crippen LogP contribution in [0.4, 0.5) is 10.5 Å². The van der Waals surface area contributed by atoms with E-state index in [0.29, 0.717) is 26.7 Å². The molecule has 1 N–H and O–H groups in total. The van der Waals surface area contributed by atoms with E-state index >= 15 is 0 Å². The quantitative estimate of drug-likeness (QED) is 0.429. The summed E-state index contributed by atoms with van der Waals surface area (Å²) in [6.07, 6.45) is 1.31. The Kier molecular flexibility index (Phi) is 5.08. The van der Waals surface area contributed by atoms with Crippen molar-refractivity contribution in [1.82, 2.24) is 5.32 Å². The Balaban J connectivity index is 1.68. The summed E-state index contributed by atoms with van der Waals surface area (Å²) in [6, 6.07) is 16.3. The van der Waals surface area contributed by atoms with Crippen LogP contribution in [-0.4, -0.2) is 17.8 Å². The predicted octanol–water partition coefficient (Wildman–Crippen LogP) is 5.03. The van der Waals surface area contributed by atoms with Crippen LogP contribution >= 0.6 is 27.5 Å².